The fourth-order valence-corrected chi connectivity index (χ4v) is 2.93. The number of hydrogen-bond donors (Lipinski definition) is 0. The summed E-state index contributed by atoms with van der Waals surface area (Å²) in [5.74, 6) is 1.92. The highest BCUT2D eigenvalue weighted by atomic mass is 79.9. The van der Waals surface area contributed by atoms with Crippen LogP contribution in [0.25, 0.3) is 0 Å². The molecule has 0 radical (unpaired) electrons. The molecule has 0 fully saturated rings. The van der Waals surface area contributed by atoms with Crippen molar-refractivity contribution in [3.8, 4) is 5.75 Å². The highest BCUT2D eigenvalue weighted by Crippen LogP contribution is 2.33. The molecule has 20 heavy (non-hydrogen) atoms. The van der Waals surface area contributed by atoms with Crippen molar-refractivity contribution in [3.05, 3.63) is 51.4 Å². The van der Waals surface area contributed by atoms with Gasteiger partial charge in [-0.2, -0.15) is 0 Å². The minimum absolute atomic E-state index is 0.0301. The first-order valence-electron chi connectivity index (χ1n) is 6.73. The van der Waals surface area contributed by atoms with E-state index in [1.165, 1.54) is 16.7 Å². The molecule has 2 aromatic rings. The molecule has 0 bridgehead atoms. The summed E-state index contributed by atoms with van der Waals surface area (Å²) >= 11 is 3.59. The summed E-state index contributed by atoms with van der Waals surface area (Å²) in [6.45, 7) is 5.89. The smallest absolute Gasteiger partial charge is 0.140 e. The van der Waals surface area contributed by atoms with E-state index in [0.29, 0.717) is 0 Å². The molecular formula is C16H18BrNO2. The van der Waals surface area contributed by atoms with Gasteiger partial charge in [0.2, 0.25) is 0 Å². The number of rotatable bonds is 2. The number of fused-ring (bicyclic) bond motifs is 1. The van der Waals surface area contributed by atoms with E-state index in [9.17, 15) is 0 Å². The van der Waals surface area contributed by atoms with Crippen molar-refractivity contribution in [1.82, 2.24) is 4.90 Å². The van der Waals surface area contributed by atoms with Gasteiger partial charge in [-0.25, -0.2) is 0 Å². The van der Waals surface area contributed by atoms with Crippen LogP contribution in [0.4, 0.5) is 0 Å². The minimum Gasteiger partial charge on any atom is -0.484 e. The van der Waals surface area contributed by atoms with Crippen LogP contribution in [0.5, 0.6) is 5.75 Å². The third-order valence-electron chi connectivity index (χ3n) is 3.71. The second kappa shape index (κ2) is 5.26. The highest BCUT2D eigenvalue weighted by molar-refractivity contribution is 9.10. The molecule has 4 heteroatoms. The van der Waals surface area contributed by atoms with Gasteiger partial charge in [0.25, 0.3) is 0 Å². The van der Waals surface area contributed by atoms with Crippen molar-refractivity contribution in [2.75, 3.05) is 13.6 Å². The van der Waals surface area contributed by atoms with Crippen molar-refractivity contribution < 1.29 is 9.15 Å². The van der Waals surface area contributed by atoms with Crippen LogP contribution < -0.4 is 4.74 Å². The molecule has 1 atom stereocenters. The zero-order valence-electron chi connectivity index (χ0n) is 11.9. The van der Waals surface area contributed by atoms with Crippen LogP contribution in [0.3, 0.4) is 0 Å². The van der Waals surface area contributed by atoms with E-state index in [4.69, 9.17) is 9.15 Å². The number of benzene rings is 1. The molecule has 1 unspecified atom stereocenters. The van der Waals surface area contributed by atoms with Crippen LogP contribution in [-0.4, -0.2) is 18.5 Å². The predicted molar refractivity (Wildman–Crippen MR) is 82.0 cm³/mol. The number of nitrogens with zero attached hydrogens (tertiary/aromatic N) is 1. The van der Waals surface area contributed by atoms with Gasteiger partial charge in [0, 0.05) is 16.6 Å². The maximum absolute atomic E-state index is 6.20. The lowest BCUT2D eigenvalue weighted by Crippen LogP contribution is -2.32. The average Bonchev–Trinajstić information content (AvgIpc) is 2.84. The minimum atomic E-state index is 0.0301. The molecule has 0 saturated heterocycles. The van der Waals surface area contributed by atoms with Gasteiger partial charge >= 0.3 is 0 Å². The van der Waals surface area contributed by atoms with Gasteiger partial charge in [-0.15, -0.1) is 0 Å². The summed E-state index contributed by atoms with van der Waals surface area (Å²) in [5, 5.41) is 0. The summed E-state index contributed by atoms with van der Waals surface area (Å²) in [5.41, 5.74) is 3.55. The molecule has 0 spiro atoms. The van der Waals surface area contributed by atoms with Gasteiger partial charge < -0.3 is 9.15 Å². The molecule has 0 saturated carbocycles. The SMILES string of the molecule is Cc1cc(OC2CN(C)Cc3occc32)cc(C)c1Br. The monoisotopic (exact) mass is 335 g/mol. The number of aryl methyl sites for hydroxylation is 2. The summed E-state index contributed by atoms with van der Waals surface area (Å²) in [7, 11) is 2.08. The predicted octanol–water partition coefficient (Wildman–Crippen LogP) is 4.22. The second-order valence-corrected chi connectivity index (χ2v) is 6.27. The molecule has 3 rings (SSSR count). The zero-order chi connectivity index (χ0) is 14.3. The number of likely N-dealkylation sites (N-methyl/N-ethyl adjacent to an activating group) is 1. The van der Waals surface area contributed by atoms with Crippen molar-refractivity contribution >= 4 is 15.9 Å². The summed E-state index contributed by atoms with van der Waals surface area (Å²) in [6, 6.07) is 6.17. The Kier molecular flexibility index (Phi) is 3.61. The molecule has 1 aliphatic heterocycles. The van der Waals surface area contributed by atoms with Crippen LogP contribution in [0.1, 0.15) is 28.6 Å². The molecule has 106 valence electrons. The van der Waals surface area contributed by atoms with Gasteiger partial charge in [-0.05, 0) is 50.2 Å². The molecule has 0 aliphatic carbocycles. The van der Waals surface area contributed by atoms with Gasteiger partial charge in [0.15, 0.2) is 0 Å². The van der Waals surface area contributed by atoms with Gasteiger partial charge in [-0.3, -0.25) is 4.90 Å². The summed E-state index contributed by atoms with van der Waals surface area (Å²) in [6.07, 6.45) is 1.78. The summed E-state index contributed by atoms with van der Waals surface area (Å²) < 4.78 is 12.9. The lowest BCUT2D eigenvalue weighted by atomic mass is 10.1. The van der Waals surface area contributed by atoms with Crippen LogP contribution in [0.15, 0.2) is 33.4 Å². The number of furan rings is 1. The highest BCUT2D eigenvalue weighted by Gasteiger charge is 2.27. The number of halogens is 1. The molecule has 0 N–H and O–H groups in total. The molecule has 1 aromatic heterocycles. The fourth-order valence-electron chi connectivity index (χ4n) is 2.70. The first-order chi connectivity index (χ1) is 9.54. The van der Waals surface area contributed by atoms with Gasteiger partial charge in [0.05, 0.1) is 12.8 Å². The van der Waals surface area contributed by atoms with E-state index in [-0.39, 0.29) is 6.10 Å². The standard InChI is InChI=1S/C16H18BrNO2/c1-10-6-12(7-11(2)16(10)17)20-15-9-18(3)8-14-13(15)4-5-19-14/h4-7,15H,8-9H2,1-3H3. The van der Waals surface area contributed by atoms with Crippen molar-refractivity contribution in [2.24, 2.45) is 0 Å². The van der Waals surface area contributed by atoms with Crippen molar-refractivity contribution in [3.63, 3.8) is 0 Å². The maximum Gasteiger partial charge on any atom is 0.140 e. The molecular weight excluding hydrogens is 318 g/mol. The Morgan fingerprint density at radius 1 is 1.30 bits per heavy atom. The van der Waals surface area contributed by atoms with Crippen molar-refractivity contribution in [1.29, 1.82) is 0 Å². The fraction of sp³-hybridized carbons (Fsp3) is 0.375. The Morgan fingerprint density at radius 3 is 2.70 bits per heavy atom. The molecule has 1 aliphatic rings. The first-order valence-corrected chi connectivity index (χ1v) is 7.52. The second-order valence-electron chi connectivity index (χ2n) is 5.47. The van der Waals surface area contributed by atoms with E-state index in [2.05, 4.69) is 53.9 Å². The Labute approximate surface area is 127 Å². The van der Waals surface area contributed by atoms with E-state index in [1.54, 1.807) is 6.26 Å². The molecule has 2 heterocycles. The number of ether oxygens (including phenoxy) is 1. The zero-order valence-corrected chi connectivity index (χ0v) is 13.5. The normalized spacial score (nSPS) is 18.9. The van der Waals surface area contributed by atoms with Crippen molar-refractivity contribution in [2.45, 2.75) is 26.5 Å². The van der Waals surface area contributed by atoms with E-state index in [1.807, 2.05) is 6.07 Å². The molecule has 1 aromatic carbocycles. The maximum atomic E-state index is 6.20. The Bertz CT molecular complexity index is 612. The van der Waals surface area contributed by atoms with Crippen LogP contribution >= 0.6 is 15.9 Å². The largest absolute Gasteiger partial charge is 0.484 e. The lowest BCUT2D eigenvalue weighted by molar-refractivity contribution is 0.120. The Hall–Kier alpha value is -1.26. The van der Waals surface area contributed by atoms with Crippen LogP contribution in [0.2, 0.25) is 0 Å². The Balaban J connectivity index is 1.89. The van der Waals surface area contributed by atoms with E-state index >= 15 is 0 Å². The quantitative estimate of drug-likeness (QED) is 0.821. The first kappa shape index (κ1) is 13.7. The number of hydrogen-bond acceptors (Lipinski definition) is 3. The van der Waals surface area contributed by atoms with Crippen LogP contribution in [0, 0.1) is 13.8 Å². The molecule has 0 amide bonds. The molecule has 3 nitrogen and oxygen atoms in total. The average molecular weight is 336 g/mol. The lowest BCUT2D eigenvalue weighted by Gasteiger charge is -2.29. The van der Waals surface area contributed by atoms with E-state index in [0.717, 1.165) is 29.1 Å². The van der Waals surface area contributed by atoms with E-state index < -0.39 is 0 Å². The van der Waals surface area contributed by atoms with Gasteiger partial charge in [0.1, 0.15) is 17.6 Å². The third kappa shape index (κ3) is 2.50. The summed E-state index contributed by atoms with van der Waals surface area (Å²) in [4.78, 5) is 2.22. The Morgan fingerprint density at radius 2 is 2.00 bits per heavy atom. The van der Waals surface area contributed by atoms with Crippen LogP contribution in [-0.2, 0) is 6.54 Å². The van der Waals surface area contributed by atoms with Gasteiger partial charge in [-0.1, -0.05) is 15.9 Å². The third-order valence-corrected chi connectivity index (χ3v) is 4.96. The topological polar surface area (TPSA) is 25.6 Å².